The smallest absolute Gasteiger partial charge is 0.233 e. The Hall–Kier alpha value is -2.38. The van der Waals surface area contributed by atoms with Gasteiger partial charge in [0.1, 0.15) is 0 Å². The number of rotatable bonds is 6. The fraction of sp³-hybridized carbons (Fsp3) is 0.222. The number of benzene rings is 2. The van der Waals surface area contributed by atoms with Crippen LogP contribution in [0, 0.1) is 0 Å². The summed E-state index contributed by atoms with van der Waals surface area (Å²) in [6.07, 6.45) is 0. The molecule has 0 unspecified atom stereocenters. The van der Waals surface area contributed by atoms with E-state index in [-0.39, 0.29) is 17.7 Å². The summed E-state index contributed by atoms with van der Waals surface area (Å²) in [6.45, 7) is 2.01. The fourth-order valence-corrected chi connectivity index (χ4v) is 3.44. The van der Waals surface area contributed by atoms with Gasteiger partial charge in [-0.3, -0.25) is 4.79 Å². The Morgan fingerprint density at radius 1 is 1.23 bits per heavy atom. The van der Waals surface area contributed by atoms with Gasteiger partial charge in [0, 0.05) is 12.1 Å². The lowest BCUT2D eigenvalue weighted by atomic mass is 10.1. The monoisotopic (exact) mass is 387 g/mol. The van der Waals surface area contributed by atoms with Crippen molar-refractivity contribution in [3.63, 3.8) is 0 Å². The molecule has 26 heavy (non-hydrogen) atoms. The van der Waals surface area contributed by atoms with Crippen LogP contribution in [0.4, 0.5) is 0 Å². The van der Waals surface area contributed by atoms with E-state index in [1.807, 2.05) is 49.4 Å². The predicted octanol–water partition coefficient (Wildman–Crippen LogP) is 3.63. The summed E-state index contributed by atoms with van der Waals surface area (Å²) in [6, 6.07) is 17.2. The van der Waals surface area contributed by atoms with Crippen LogP contribution in [-0.2, 0) is 4.79 Å². The first-order valence-corrected chi connectivity index (χ1v) is 9.40. The number of aromatic nitrogens is 4. The number of carbonyl (C=O) groups is 1. The van der Waals surface area contributed by atoms with E-state index >= 15 is 0 Å². The maximum atomic E-state index is 12.6. The maximum absolute atomic E-state index is 12.6. The van der Waals surface area contributed by atoms with Gasteiger partial charge in [-0.05, 0) is 41.1 Å². The number of hydrogen-bond acceptors (Lipinski definition) is 5. The number of tetrazole rings is 1. The highest BCUT2D eigenvalue weighted by Gasteiger charge is 2.19. The SMILES string of the molecule is C[C@H](c1ccccc1)N(C)C(=O)CSc1nnnn1-c1cccc(Cl)c1. The molecule has 0 spiro atoms. The van der Waals surface area contributed by atoms with Gasteiger partial charge in [0.2, 0.25) is 11.1 Å². The van der Waals surface area contributed by atoms with Gasteiger partial charge in [-0.1, -0.05) is 59.8 Å². The minimum Gasteiger partial charge on any atom is -0.338 e. The van der Waals surface area contributed by atoms with Crippen molar-refractivity contribution < 1.29 is 4.79 Å². The molecule has 0 radical (unpaired) electrons. The lowest BCUT2D eigenvalue weighted by Crippen LogP contribution is -2.31. The molecule has 0 aliphatic carbocycles. The molecule has 1 amide bonds. The van der Waals surface area contributed by atoms with Gasteiger partial charge >= 0.3 is 0 Å². The summed E-state index contributed by atoms with van der Waals surface area (Å²) in [4.78, 5) is 14.3. The molecule has 1 aromatic heterocycles. The lowest BCUT2D eigenvalue weighted by Gasteiger charge is -2.25. The molecule has 1 heterocycles. The van der Waals surface area contributed by atoms with Crippen molar-refractivity contribution >= 4 is 29.3 Å². The highest BCUT2D eigenvalue weighted by Crippen LogP contribution is 2.23. The molecule has 1 atom stereocenters. The molecule has 0 saturated heterocycles. The van der Waals surface area contributed by atoms with Crippen LogP contribution < -0.4 is 0 Å². The van der Waals surface area contributed by atoms with Crippen LogP contribution in [0.15, 0.2) is 59.8 Å². The minimum absolute atomic E-state index is 0.00627. The molecule has 134 valence electrons. The molecular weight excluding hydrogens is 370 g/mol. The van der Waals surface area contributed by atoms with Crippen LogP contribution in [0.3, 0.4) is 0 Å². The predicted molar refractivity (Wildman–Crippen MR) is 103 cm³/mol. The first-order valence-electron chi connectivity index (χ1n) is 8.04. The van der Waals surface area contributed by atoms with Gasteiger partial charge in [0.15, 0.2) is 0 Å². The molecule has 8 heteroatoms. The van der Waals surface area contributed by atoms with Gasteiger partial charge in [-0.2, -0.15) is 4.68 Å². The Kier molecular flexibility index (Phi) is 5.90. The van der Waals surface area contributed by atoms with Crippen LogP contribution in [-0.4, -0.2) is 43.8 Å². The molecule has 0 bridgehead atoms. The van der Waals surface area contributed by atoms with Gasteiger partial charge < -0.3 is 4.90 Å². The van der Waals surface area contributed by atoms with E-state index in [1.165, 1.54) is 11.8 Å². The van der Waals surface area contributed by atoms with E-state index in [4.69, 9.17) is 11.6 Å². The van der Waals surface area contributed by atoms with E-state index in [2.05, 4.69) is 15.5 Å². The third kappa shape index (κ3) is 4.23. The van der Waals surface area contributed by atoms with Crippen molar-refractivity contribution in [1.82, 2.24) is 25.1 Å². The minimum atomic E-state index is -0.00627. The number of carbonyl (C=O) groups excluding carboxylic acids is 1. The van der Waals surface area contributed by atoms with Crippen LogP contribution in [0.1, 0.15) is 18.5 Å². The second-order valence-corrected chi connectivity index (χ2v) is 7.11. The summed E-state index contributed by atoms with van der Waals surface area (Å²) in [5, 5.41) is 12.8. The number of nitrogens with zero attached hydrogens (tertiary/aromatic N) is 5. The zero-order valence-corrected chi connectivity index (χ0v) is 16.0. The maximum Gasteiger partial charge on any atom is 0.233 e. The summed E-state index contributed by atoms with van der Waals surface area (Å²) in [5.41, 5.74) is 1.85. The zero-order valence-electron chi connectivity index (χ0n) is 14.4. The average Bonchev–Trinajstić information content (AvgIpc) is 3.14. The standard InChI is InChI=1S/C18H18ClN5OS/c1-13(14-7-4-3-5-8-14)23(2)17(25)12-26-18-20-21-22-24(18)16-10-6-9-15(19)11-16/h3-11,13H,12H2,1-2H3/t13-/m1/s1. The van der Waals surface area contributed by atoms with E-state index in [0.29, 0.717) is 10.2 Å². The Bertz CT molecular complexity index is 886. The van der Waals surface area contributed by atoms with Crippen LogP contribution in [0.25, 0.3) is 5.69 Å². The second kappa shape index (κ2) is 8.33. The molecule has 0 aliphatic rings. The molecule has 2 aromatic carbocycles. The fourth-order valence-electron chi connectivity index (χ4n) is 2.44. The first kappa shape index (κ1) is 18.4. The molecule has 0 saturated carbocycles. The van der Waals surface area contributed by atoms with Gasteiger partial charge in [-0.15, -0.1) is 5.10 Å². The Morgan fingerprint density at radius 2 is 2.00 bits per heavy atom. The van der Waals surface area contributed by atoms with E-state index in [1.54, 1.807) is 28.8 Å². The molecule has 0 aliphatic heterocycles. The first-order chi connectivity index (χ1) is 12.6. The van der Waals surface area contributed by atoms with Crippen molar-refractivity contribution in [2.75, 3.05) is 12.8 Å². The van der Waals surface area contributed by atoms with Crippen molar-refractivity contribution in [1.29, 1.82) is 0 Å². The molecule has 6 nitrogen and oxygen atoms in total. The number of halogens is 1. The van der Waals surface area contributed by atoms with Crippen molar-refractivity contribution in [3.05, 3.63) is 65.2 Å². The lowest BCUT2D eigenvalue weighted by molar-refractivity contribution is -0.128. The Labute approximate surface area is 161 Å². The summed E-state index contributed by atoms with van der Waals surface area (Å²) < 4.78 is 1.57. The zero-order chi connectivity index (χ0) is 18.5. The molecule has 0 fully saturated rings. The van der Waals surface area contributed by atoms with Gasteiger partial charge in [0.25, 0.3) is 0 Å². The van der Waals surface area contributed by atoms with Gasteiger partial charge in [-0.25, -0.2) is 0 Å². The topological polar surface area (TPSA) is 63.9 Å². The third-order valence-electron chi connectivity index (χ3n) is 4.07. The van der Waals surface area contributed by atoms with Crippen LogP contribution in [0.5, 0.6) is 0 Å². The number of thioether (sulfide) groups is 1. The van der Waals surface area contributed by atoms with Crippen LogP contribution >= 0.6 is 23.4 Å². The average molecular weight is 388 g/mol. The highest BCUT2D eigenvalue weighted by atomic mass is 35.5. The normalized spacial score (nSPS) is 12.0. The molecule has 3 aromatic rings. The number of amides is 1. The van der Waals surface area contributed by atoms with E-state index in [9.17, 15) is 4.79 Å². The number of hydrogen-bond donors (Lipinski definition) is 0. The van der Waals surface area contributed by atoms with Crippen molar-refractivity contribution in [2.24, 2.45) is 0 Å². The molecular formula is C18H18ClN5OS. The largest absolute Gasteiger partial charge is 0.338 e. The van der Waals surface area contributed by atoms with Crippen molar-refractivity contribution in [3.8, 4) is 5.69 Å². The summed E-state index contributed by atoms with van der Waals surface area (Å²) >= 11 is 7.32. The summed E-state index contributed by atoms with van der Waals surface area (Å²) in [5.74, 6) is 0.251. The quantitative estimate of drug-likeness (QED) is 0.604. The third-order valence-corrected chi connectivity index (χ3v) is 5.21. The summed E-state index contributed by atoms with van der Waals surface area (Å²) in [7, 11) is 1.81. The van der Waals surface area contributed by atoms with E-state index < -0.39 is 0 Å². The Morgan fingerprint density at radius 3 is 2.73 bits per heavy atom. The molecule has 3 rings (SSSR count). The molecule has 0 N–H and O–H groups in total. The van der Waals surface area contributed by atoms with Crippen LogP contribution in [0.2, 0.25) is 5.02 Å². The second-order valence-electron chi connectivity index (χ2n) is 5.73. The van der Waals surface area contributed by atoms with Crippen molar-refractivity contribution in [2.45, 2.75) is 18.1 Å². The highest BCUT2D eigenvalue weighted by molar-refractivity contribution is 7.99. The Balaban J connectivity index is 1.66. The van der Waals surface area contributed by atoms with Gasteiger partial charge in [0.05, 0.1) is 17.5 Å². The van der Waals surface area contributed by atoms with E-state index in [0.717, 1.165) is 11.3 Å².